The lowest BCUT2D eigenvalue weighted by atomic mass is 10.1. The van der Waals surface area contributed by atoms with Gasteiger partial charge in [0, 0.05) is 11.8 Å². The average molecular weight is 403 g/mol. The van der Waals surface area contributed by atoms with Crippen molar-refractivity contribution in [3.63, 3.8) is 0 Å². The molecule has 1 aliphatic carbocycles. The molecule has 0 amide bonds. The van der Waals surface area contributed by atoms with Crippen LogP contribution < -0.4 is 5.73 Å². The molecule has 1 fully saturated rings. The van der Waals surface area contributed by atoms with Crippen molar-refractivity contribution in [2.45, 2.75) is 46.0 Å². The zero-order chi connectivity index (χ0) is 20.0. The minimum absolute atomic E-state index is 0.724. The Balaban J connectivity index is 1.60. The molecule has 29 heavy (non-hydrogen) atoms. The van der Waals surface area contributed by atoms with Gasteiger partial charge in [-0.1, -0.05) is 6.07 Å². The van der Waals surface area contributed by atoms with E-state index in [1.54, 1.807) is 11.3 Å². The highest BCUT2D eigenvalue weighted by molar-refractivity contribution is 7.21. The highest BCUT2D eigenvalue weighted by atomic mass is 32.1. The Morgan fingerprint density at radius 2 is 1.93 bits per heavy atom. The van der Waals surface area contributed by atoms with Crippen LogP contribution in [0.15, 0.2) is 30.5 Å². The monoisotopic (exact) mass is 402 g/mol. The summed E-state index contributed by atoms with van der Waals surface area (Å²) < 4.78 is 1.24. The maximum Gasteiger partial charge on any atom is 0.126 e. The molecule has 5 rings (SSSR count). The summed E-state index contributed by atoms with van der Waals surface area (Å²) in [5, 5.41) is 1.03. The van der Waals surface area contributed by atoms with E-state index >= 15 is 0 Å². The van der Waals surface area contributed by atoms with Crippen molar-refractivity contribution >= 4 is 32.6 Å². The van der Waals surface area contributed by atoms with E-state index in [1.807, 2.05) is 6.20 Å². The first-order valence-corrected chi connectivity index (χ1v) is 11.3. The predicted molar refractivity (Wildman–Crippen MR) is 121 cm³/mol. The summed E-state index contributed by atoms with van der Waals surface area (Å²) in [6.07, 6.45) is 7.70. The third kappa shape index (κ3) is 3.77. The third-order valence-corrected chi connectivity index (χ3v) is 6.72. The topological polar surface area (TPSA) is 64.7 Å². The first-order valence-electron chi connectivity index (χ1n) is 10.5. The summed E-state index contributed by atoms with van der Waals surface area (Å²) in [5.74, 6) is 0.812. The molecule has 0 aliphatic heterocycles. The van der Waals surface area contributed by atoms with Crippen LogP contribution in [0, 0.1) is 19.8 Å². The van der Waals surface area contributed by atoms with Crippen molar-refractivity contribution in [2.75, 3.05) is 6.54 Å². The molecule has 1 aliphatic rings. The van der Waals surface area contributed by atoms with Gasteiger partial charge in [-0.15, -0.1) is 11.3 Å². The quantitative estimate of drug-likeness (QED) is 0.471. The van der Waals surface area contributed by atoms with Crippen molar-refractivity contribution in [3.8, 4) is 10.6 Å². The molecule has 5 heteroatoms. The van der Waals surface area contributed by atoms with E-state index in [1.165, 1.54) is 34.2 Å². The van der Waals surface area contributed by atoms with E-state index < -0.39 is 0 Å². The molecule has 0 unspecified atom stereocenters. The number of nitrogens with two attached hydrogens (primary N) is 1. The number of thiazole rings is 1. The molecular weight excluding hydrogens is 376 g/mol. The molecule has 4 aromatic rings. The summed E-state index contributed by atoms with van der Waals surface area (Å²) >= 11 is 1.75. The van der Waals surface area contributed by atoms with Crippen molar-refractivity contribution in [1.82, 2.24) is 15.0 Å². The summed E-state index contributed by atoms with van der Waals surface area (Å²) in [7, 11) is 0. The molecule has 0 spiro atoms. The van der Waals surface area contributed by atoms with Gasteiger partial charge in [0.15, 0.2) is 0 Å². The van der Waals surface area contributed by atoms with Gasteiger partial charge in [0.05, 0.1) is 26.9 Å². The minimum Gasteiger partial charge on any atom is -0.330 e. The van der Waals surface area contributed by atoms with Gasteiger partial charge in [0.1, 0.15) is 5.01 Å². The fourth-order valence-corrected chi connectivity index (χ4v) is 5.14. The van der Waals surface area contributed by atoms with Gasteiger partial charge >= 0.3 is 0 Å². The molecule has 2 N–H and O–H groups in total. The molecule has 148 valence electrons. The smallest absolute Gasteiger partial charge is 0.126 e. The minimum atomic E-state index is 0.724. The SMILES string of the molecule is Cc1cc(-c2nc3c(C)cc(CCCN)cc3s2)c2ncc(CC3CC3)nc2c1. The van der Waals surface area contributed by atoms with Crippen LogP contribution in [0.5, 0.6) is 0 Å². The van der Waals surface area contributed by atoms with Crippen molar-refractivity contribution in [3.05, 3.63) is 52.8 Å². The van der Waals surface area contributed by atoms with Crippen molar-refractivity contribution in [1.29, 1.82) is 0 Å². The largest absolute Gasteiger partial charge is 0.330 e. The zero-order valence-corrected chi connectivity index (χ0v) is 17.9. The molecule has 0 atom stereocenters. The fraction of sp³-hybridized carbons (Fsp3) is 0.375. The highest BCUT2D eigenvalue weighted by Crippen LogP contribution is 2.37. The van der Waals surface area contributed by atoms with Crippen LogP contribution in [0.4, 0.5) is 0 Å². The molecule has 0 radical (unpaired) electrons. The van der Waals surface area contributed by atoms with Crippen LogP contribution in [0.1, 0.15) is 41.6 Å². The Labute approximate surface area is 175 Å². The van der Waals surface area contributed by atoms with E-state index in [0.717, 1.165) is 64.5 Å². The van der Waals surface area contributed by atoms with Crippen LogP contribution in [0.3, 0.4) is 0 Å². The Kier molecular flexibility index (Phi) is 4.80. The number of aromatic nitrogens is 3. The number of nitrogens with zero attached hydrogens (tertiary/aromatic N) is 3. The number of benzene rings is 2. The maximum absolute atomic E-state index is 5.69. The molecule has 0 bridgehead atoms. The van der Waals surface area contributed by atoms with Crippen LogP contribution in [-0.4, -0.2) is 21.5 Å². The summed E-state index contributed by atoms with van der Waals surface area (Å²) in [5.41, 5.74) is 14.7. The molecule has 2 heterocycles. The van der Waals surface area contributed by atoms with Gasteiger partial charge < -0.3 is 5.73 Å². The third-order valence-electron chi connectivity index (χ3n) is 5.68. The second-order valence-electron chi connectivity index (χ2n) is 8.36. The van der Waals surface area contributed by atoms with E-state index in [9.17, 15) is 0 Å². The molecule has 4 nitrogen and oxygen atoms in total. The van der Waals surface area contributed by atoms with Gasteiger partial charge in [-0.25, -0.2) is 9.97 Å². The maximum atomic E-state index is 5.69. The lowest BCUT2D eigenvalue weighted by Crippen LogP contribution is -2.00. The zero-order valence-electron chi connectivity index (χ0n) is 17.0. The molecule has 1 saturated carbocycles. The first-order chi connectivity index (χ1) is 14.1. The van der Waals surface area contributed by atoms with Crippen molar-refractivity contribution < 1.29 is 0 Å². The van der Waals surface area contributed by atoms with E-state index in [4.69, 9.17) is 20.7 Å². The number of hydrogen-bond donors (Lipinski definition) is 1. The van der Waals surface area contributed by atoms with Gasteiger partial charge in [0.2, 0.25) is 0 Å². The van der Waals surface area contributed by atoms with Gasteiger partial charge in [-0.3, -0.25) is 4.98 Å². The van der Waals surface area contributed by atoms with Crippen LogP contribution in [-0.2, 0) is 12.8 Å². The highest BCUT2D eigenvalue weighted by Gasteiger charge is 2.22. The normalized spacial score (nSPS) is 14.2. The number of rotatable bonds is 6. The van der Waals surface area contributed by atoms with Crippen molar-refractivity contribution in [2.24, 2.45) is 11.7 Å². The predicted octanol–water partition coefficient (Wildman–Crippen LogP) is 5.37. The van der Waals surface area contributed by atoms with Crippen LogP contribution in [0.2, 0.25) is 0 Å². The van der Waals surface area contributed by atoms with E-state index in [-0.39, 0.29) is 0 Å². The second-order valence-corrected chi connectivity index (χ2v) is 9.39. The van der Waals surface area contributed by atoms with Crippen LogP contribution in [0.25, 0.3) is 31.8 Å². The Morgan fingerprint density at radius 1 is 1.07 bits per heavy atom. The molecule has 0 saturated heterocycles. The Hall–Kier alpha value is -2.37. The average Bonchev–Trinajstić information content (AvgIpc) is 3.40. The van der Waals surface area contributed by atoms with Gasteiger partial charge in [-0.05, 0) is 93.3 Å². The number of aryl methyl sites for hydroxylation is 3. The first kappa shape index (κ1) is 18.6. The molecule has 2 aromatic carbocycles. The van der Waals surface area contributed by atoms with E-state index in [0.29, 0.717) is 0 Å². The molecule has 2 aromatic heterocycles. The summed E-state index contributed by atoms with van der Waals surface area (Å²) in [6.45, 7) is 5.00. The molecular formula is C24H26N4S. The summed E-state index contributed by atoms with van der Waals surface area (Å²) in [4.78, 5) is 14.7. The summed E-state index contributed by atoms with van der Waals surface area (Å²) in [6, 6.07) is 8.86. The van der Waals surface area contributed by atoms with Crippen LogP contribution >= 0.6 is 11.3 Å². The van der Waals surface area contributed by atoms with E-state index in [2.05, 4.69) is 38.1 Å². The standard InChI is InChI=1S/C24H26N4S/c1-14-8-19(23-20(9-14)27-18(13-26-23)11-16-5-6-16)24-28-22-15(2)10-17(4-3-7-25)12-21(22)29-24/h8-10,12-13,16H,3-7,11,25H2,1-2H3. The Morgan fingerprint density at radius 3 is 2.72 bits per heavy atom. The lowest BCUT2D eigenvalue weighted by molar-refractivity contribution is 0.804. The Bertz CT molecular complexity index is 1210. The lowest BCUT2D eigenvalue weighted by Gasteiger charge is -2.07. The van der Waals surface area contributed by atoms with Gasteiger partial charge in [0.25, 0.3) is 0 Å². The fourth-order valence-electron chi connectivity index (χ4n) is 4.02. The number of fused-ring (bicyclic) bond motifs is 2. The number of hydrogen-bond acceptors (Lipinski definition) is 5. The van der Waals surface area contributed by atoms with Gasteiger partial charge in [-0.2, -0.15) is 0 Å². The second kappa shape index (κ2) is 7.47.